The first kappa shape index (κ1) is 22.1. The molecule has 29 heavy (non-hydrogen) atoms. The summed E-state index contributed by atoms with van der Waals surface area (Å²) in [6, 6.07) is 9.09. The Morgan fingerprint density at radius 3 is 2.55 bits per heavy atom. The lowest BCUT2D eigenvalue weighted by molar-refractivity contribution is 0.0949. The second kappa shape index (κ2) is 10.4. The molecule has 0 aromatic heterocycles. The average Bonchev–Trinajstić information content (AvgIpc) is 2.69. The van der Waals surface area contributed by atoms with Crippen LogP contribution in [0, 0.1) is 11.2 Å². The quantitative estimate of drug-likeness (QED) is 0.344. The summed E-state index contributed by atoms with van der Waals surface area (Å²) in [5.41, 5.74) is 7.89. The lowest BCUT2D eigenvalue weighted by atomic mass is 10.0. The van der Waals surface area contributed by atoms with Crippen molar-refractivity contribution in [1.82, 2.24) is 10.2 Å². The molecule has 2 aromatic rings. The summed E-state index contributed by atoms with van der Waals surface area (Å²) in [4.78, 5) is 14.6. The van der Waals surface area contributed by atoms with Gasteiger partial charge in [-0.3, -0.25) is 4.79 Å². The lowest BCUT2D eigenvalue weighted by Gasteiger charge is -2.16. The number of nitrogens with two attached hydrogens (primary N) is 1. The zero-order chi connectivity index (χ0) is 21.4. The molecule has 1 amide bonds. The van der Waals surface area contributed by atoms with E-state index < -0.39 is 0 Å². The fourth-order valence-corrected chi connectivity index (χ4v) is 2.80. The zero-order valence-electron chi connectivity index (χ0n) is 17.0. The molecule has 7 heteroatoms. The summed E-state index contributed by atoms with van der Waals surface area (Å²) >= 11 is 0. The molecule has 4 N–H and O–H groups in total. The van der Waals surface area contributed by atoms with Crippen molar-refractivity contribution in [3.8, 4) is 5.75 Å². The summed E-state index contributed by atoms with van der Waals surface area (Å²) in [6.45, 7) is 1.39. The van der Waals surface area contributed by atoms with Gasteiger partial charge in [-0.05, 0) is 63.0 Å². The molecule has 2 aromatic carbocycles. The molecule has 0 spiro atoms. The Morgan fingerprint density at radius 1 is 1.24 bits per heavy atom. The third kappa shape index (κ3) is 6.15. The van der Waals surface area contributed by atoms with Crippen molar-refractivity contribution >= 4 is 23.4 Å². The van der Waals surface area contributed by atoms with Gasteiger partial charge in [0, 0.05) is 12.2 Å². The van der Waals surface area contributed by atoms with E-state index in [0.29, 0.717) is 23.4 Å². The van der Waals surface area contributed by atoms with Crippen LogP contribution >= 0.6 is 0 Å². The number of carbonyl (C=O) groups is 1. The van der Waals surface area contributed by atoms with Crippen LogP contribution in [0.15, 0.2) is 42.5 Å². The number of ether oxygens (including phenoxy) is 1. The zero-order valence-corrected chi connectivity index (χ0v) is 17.0. The minimum absolute atomic E-state index is 0.0888. The number of amides is 1. The third-order valence-electron chi connectivity index (χ3n) is 4.29. The smallest absolute Gasteiger partial charge is 0.255 e. The van der Waals surface area contributed by atoms with Crippen molar-refractivity contribution < 1.29 is 13.9 Å². The van der Waals surface area contributed by atoms with Gasteiger partial charge in [0.25, 0.3) is 5.91 Å². The van der Waals surface area contributed by atoms with E-state index in [4.69, 9.17) is 15.9 Å². The van der Waals surface area contributed by atoms with Gasteiger partial charge < -0.3 is 26.1 Å². The van der Waals surface area contributed by atoms with Gasteiger partial charge in [0.1, 0.15) is 11.6 Å². The molecule has 0 atom stereocenters. The number of hydrogen-bond acceptors (Lipinski definition) is 5. The third-order valence-corrected chi connectivity index (χ3v) is 4.29. The summed E-state index contributed by atoms with van der Waals surface area (Å²) in [5.74, 6) is -0.353. The number of benzene rings is 2. The first-order valence-electron chi connectivity index (χ1n) is 9.25. The maximum absolute atomic E-state index is 13.0. The van der Waals surface area contributed by atoms with Gasteiger partial charge in [0.15, 0.2) is 0 Å². The Labute approximate surface area is 170 Å². The van der Waals surface area contributed by atoms with Gasteiger partial charge in [-0.2, -0.15) is 0 Å². The number of methoxy groups -OCH3 is 1. The molecule has 0 bridgehead atoms. The highest BCUT2D eigenvalue weighted by molar-refractivity contribution is 6.15. The molecule has 0 aliphatic rings. The molecular formula is C22H27FN4O2. The van der Waals surface area contributed by atoms with Crippen LogP contribution in [0.2, 0.25) is 0 Å². The van der Waals surface area contributed by atoms with Crippen LogP contribution in [-0.4, -0.2) is 50.8 Å². The van der Waals surface area contributed by atoms with E-state index >= 15 is 0 Å². The van der Waals surface area contributed by atoms with Crippen LogP contribution in [0.5, 0.6) is 5.75 Å². The maximum atomic E-state index is 13.0. The van der Waals surface area contributed by atoms with Crippen molar-refractivity contribution in [3.63, 3.8) is 0 Å². The van der Waals surface area contributed by atoms with Crippen LogP contribution in [0.3, 0.4) is 0 Å². The second-order valence-corrected chi connectivity index (χ2v) is 6.82. The summed E-state index contributed by atoms with van der Waals surface area (Å²) in [5, 5.41) is 11.3. The van der Waals surface area contributed by atoms with Crippen LogP contribution in [0.25, 0.3) is 6.08 Å². The van der Waals surface area contributed by atoms with Crippen LogP contribution in [0.4, 0.5) is 10.1 Å². The Bertz CT molecular complexity index is 892. The number of nitrogen functional groups attached to an aromatic ring is 1. The van der Waals surface area contributed by atoms with Crippen LogP contribution < -0.4 is 15.8 Å². The predicted molar refractivity (Wildman–Crippen MR) is 115 cm³/mol. The molecule has 0 radical (unpaired) electrons. The number of allylic oxidation sites excluding steroid dienone is 1. The number of anilines is 1. The highest BCUT2D eigenvalue weighted by Gasteiger charge is 2.20. The molecule has 0 aliphatic carbocycles. The summed E-state index contributed by atoms with van der Waals surface area (Å²) in [6.07, 6.45) is 4.04. The minimum atomic E-state index is -0.326. The lowest BCUT2D eigenvalue weighted by Crippen LogP contribution is -2.28. The van der Waals surface area contributed by atoms with E-state index in [2.05, 4.69) is 5.32 Å². The summed E-state index contributed by atoms with van der Waals surface area (Å²) in [7, 11) is 5.39. The molecule has 154 valence electrons. The standard InChI is InChI=1S/C22H27FN4O2/c1-27(2)14-4-13-26-22(28)17-10-12-19(25)20(21(17)29-3)18(24)11-7-15-5-8-16(23)9-6-15/h5-12,24H,4,13-14,25H2,1-3H3,(H,26,28)/b11-7+,24-18?. The Balaban J connectivity index is 2.22. The largest absolute Gasteiger partial charge is 0.495 e. The van der Waals surface area contributed by atoms with Gasteiger partial charge in [-0.1, -0.05) is 18.2 Å². The molecule has 0 aliphatic heterocycles. The van der Waals surface area contributed by atoms with Crippen molar-refractivity contribution in [2.45, 2.75) is 6.42 Å². The molecule has 0 saturated carbocycles. The van der Waals surface area contributed by atoms with E-state index in [1.165, 1.54) is 19.2 Å². The van der Waals surface area contributed by atoms with E-state index in [1.807, 2.05) is 19.0 Å². The number of rotatable bonds is 9. The molecule has 0 unspecified atom stereocenters. The first-order chi connectivity index (χ1) is 13.8. The monoisotopic (exact) mass is 398 g/mol. The van der Waals surface area contributed by atoms with Gasteiger partial charge in [0.05, 0.1) is 23.9 Å². The van der Waals surface area contributed by atoms with Crippen LogP contribution in [0.1, 0.15) is 27.9 Å². The van der Waals surface area contributed by atoms with Gasteiger partial charge in [0.2, 0.25) is 0 Å². The van der Waals surface area contributed by atoms with Gasteiger partial charge in [-0.25, -0.2) is 4.39 Å². The van der Waals surface area contributed by atoms with E-state index in [0.717, 1.165) is 18.5 Å². The molecule has 6 nitrogen and oxygen atoms in total. The minimum Gasteiger partial charge on any atom is -0.495 e. The van der Waals surface area contributed by atoms with E-state index in [1.54, 1.807) is 36.4 Å². The maximum Gasteiger partial charge on any atom is 0.255 e. The fraction of sp³-hybridized carbons (Fsp3) is 0.273. The molecule has 0 saturated heterocycles. The molecule has 0 heterocycles. The Kier molecular flexibility index (Phi) is 7.91. The number of nitrogens with zero attached hydrogens (tertiary/aromatic N) is 1. The number of nitrogens with one attached hydrogen (secondary N) is 2. The molecule has 0 fully saturated rings. The Morgan fingerprint density at radius 2 is 1.93 bits per heavy atom. The number of carbonyl (C=O) groups excluding carboxylic acids is 1. The van der Waals surface area contributed by atoms with Crippen molar-refractivity contribution in [2.24, 2.45) is 0 Å². The van der Waals surface area contributed by atoms with E-state index in [-0.39, 0.29) is 23.2 Å². The van der Waals surface area contributed by atoms with Gasteiger partial charge in [-0.15, -0.1) is 0 Å². The first-order valence-corrected chi connectivity index (χ1v) is 9.25. The highest BCUT2D eigenvalue weighted by atomic mass is 19.1. The van der Waals surface area contributed by atoms with Crippen molar-refractivity contribution in [3.05, 3.63) is 65.0 Å². The second-order valence-electron chi connectivity index (χ2n) is 6.82. The van der Waals surface area contributed by atoms with Crippen molar-refractivity contribution in [2.75, 3.05) is 40.0 Å². The highest BCUT2D eigenvalue weighted by Crippen LogP contribution is 2.30. The average molecular weight is 398 g/mol. The number of hydrogen-bond donors (Lipinski definition) is 3. The SMILES string of the molecule is COc1c(C(=O)NCCCN(C)C)ccc(N)c1C(=N)/C=C/c1ccc(F)cc1. The van der Waals surface area contributed by atoms with E-state index in [9.17, 15) is 9.18 Å². The normalized spacial score (nSPS) is 11.1. The Hall–Kier alpha value is -3.19. The molecular weight excluding hydrogens is 371 g/mol. The topological polar surface area (TPSA) is 91.4 Å². The summed E-state index contributed by atoms with van der Waals surface area (Å²) < 4.78 is 18.5. The predicted octanol–water partition coefficient (Wildman–Crippen LogP) is 3.18. The molecule has 2 rings (SSSR count). The number of halogens is 1. The fourth-order valence-electron chi connectivity index (χ4n) is 2.80. The van der Waals surface area contributed by atoms with Crippen molar-refractivity contribution in [1.29, 1.82) is 5.41 Å². The van der Waals surface area contributed by atoms with Gasteiger partial charge >= 0.3 is 0 Å². The van der Waals surface area contributed by atoms with Crippen LogP contribution in [-0.2, 0) is 0 Å².